The number of benzene rings is 1. The fraction of sp³-hybridized carbons (Fsp3) is 0.133. The predicted octanol–water partition coefficient (Wildman–Crippen LogP) is 2.40. The molecule has 1 aromatic carbocycles. The molecule has 3 rings (SSSR count). The minimum Gasteiger partial charge on any atom is -0.383 e. The summed E-state index contributed by atoms with van der Waals surface area (Å²) in [5.41, 5.74) is 6.97. The van der Waals surface area contributed by atoms with Crippen molar-refractivity contribution in [2.75, 3.05) is 11.1 Å². The van der Waals surface area contributed by atoms with Crippen molar-refractivity contribution in [1.29, 1.82) is 0 Å². The van der Waals surface area contributed by atoms with Gasteiger partial charge in [0.25, 0.3) is 0 Å². The molecule has 0 bridgehead atoms. The Morgan fingerprint density at radius 3 is 2.57 bits per heavy atom. The minimum atomic E-state index is -0.623. The molecule has 0 saturated carbocycles. The lowest BCUT2D eigenvalue weighted by Crippen LogP contribution is -2.06. The fourth-order valence-corrected chi connectivity index (χ4v) is 2.12. The molecule has 0 radical (unpaired) electrons. The number of hydrogen-bond acceptors (Lipinski definition) is 5. The van der Waals surface area contributed by atoms with E-state index in [4.69, 9.17) is 5.73 Å². The first-order valence-electron chi connectivity index (χ1n) is 6.83. The van der Waals surface area contributed by atoms with E-state index in [0.717, 1.165) is 0 Å². The Morgan fingerprint density at radius 1 is 1.22 bits per heavy atom. The van der Waals surface area contributed by atoms with Crippen molar-refractivity contribution in [2.45, 2.75) is 6.42 Å². The van der Waals surface area contributed by atoms with Gasteiger partial charge in [0, 0.05) is 37.0 Å². The van der Waals surface area contributed by atoms with E-state index in [0.29, 0.717) is 11.3 Å². The quantitative estimate of drug-likeness (QED) is 0.772. The van der Waals surface area contributed by atoms with Gasteiger partial charge in [0.15, 0.2) is 0 Å². The monoisotopic (exact) mass is 316 g/mol. The van der Waals surface area contributed by atoms with Crippen LogP contribution in [-0.2, 0) is 13.5 Å². The van der Waals surface area contributed by atoms with Crippen molar-refractivity contribution in [2.24, 2.45) is 7.05 Å². The molecule has 0 atom stereocenters. The van der Waals surface area contributed by atoms with E-state index in [1.54, 1.807) is 24.1 Å². The van der Waals surface area contributed by atoms with E-state index < -0.39 is 11.6 Å². The van der Waals surface area contributed by atoms with Crippen LogP contribution in [0.25, 0.3) is 0 Å². The van der Waals surface area contributed by atoms with Gasteiger partial charge in [-0.15, -0.1) is 0 Å². The molecular weight excluding hydrogens is 302 g/mol. The third kappa shape index (κ3) is 3.25. The standard InChI is InChI=1S/C15H14F2N6/c1-23-8-10(7-20-23)21-15-19-6-9(14(18)22-15)5-11-12(16)3-2-4-13(11)17/h2-4,6-8H,5H2,1H3,(H3,18,19,21,22). The van der Waals surface area contributed by atoms with Gasteiger partial charge in [0.05, 0.1) is 11.9 Å². The van der Waals surface area contributed by atoms with Crippen molar-refractivity contribution < 1.29 is 8.78 Å². The molecule has 0 aliphatic carbocycles. The number of anilines is 3. The molecule has 0 fully saturated rings. The van der Waals surface area contributed by atoms with Crippen LogP contribution in [0, 0.1) is 11.6 Å². The molecule has 6 nitrogen and oxygen atoms in total. The molecule has 2 aromatic heterocycles. The molecule has 0 amide bonds. The van der Waals surface area contributed by atoms with E-state index in [-0.39, 0.29) is 23.8 Å². The summed E-state index contributed by atoms with van der Waals surface area (Å²) in [6, 6.07) is 3.72. The number of nitrogens with one attached hydrogen (secondary N) is 1. The lowest BCUT2D eigenvalue weighted by atomic mass is 10.1. The third-order valence-electron chi connectivity index (χ3n) is 3.29. The zero-order valence-corrected chi connectivity index (χ0v) is 12.3. The average Bonchev–Trinajstić information content (AvgIpc) is 2.90. The highest BCUT2D eigenvalue weighted by atomic mass is 19.1. The maximum Gasteiger partial charge on any atom is 0.229 e. The highest BCUT2D eigenvalue weighted by Gasteiger charge is 2.12. The molecule has 0 spiro atoms. The zero-order chi connectivity index (χ0) is 16.4. The Bertz CT molecular complexity index is 825. The van der Waals surface area contributed by atoms with Crippen molar-refractivity contribution in [3.63, 3.8) is 0 Å². The molecule has 3 N–H and O–H groups in total. The number of aryl methyl sites for hydroxylation is 1. The van der Waals surface area contributed by atoms with Crippen LogP contribution >= 0.6 is 0 Å². The van der Waals surface area contributed by atoms with E-state index in [2.05, 4.69) is 20.4 Å². The summed E-state index contributed by atoms with van der Waals surface area (Å²) in [4.78, 5) is 8.22. The number of nitrogens with zero attached hydrogens (tertiary/aromatic N) is 4. The summed E-state index contributed by atoms with van der Waals surface area (Å²) < 4.78 is 29.0. The molecule has 0 saturated heterocycles. The molecule has 0 unspecified atom stereocenters. The van der Waals surface area contributed by atoms with Gasteiger partial charge in [0.2, 0.25) is 5.95 Å². The van der Waals surface area contributed by atoms with Crippen molar-refractivity contribution in [1.82, 2.24) is 19.7 Å². The topological polar surface area (TPSA) is 81.7 Å². The summed E-state index contributed by atoms with van der Waals surface area (Å²) in [6.07, 6.45) is 4.80. The second-order valence-corrected chi connectivity index (χ2v) is 5.01. The minimum absolute atomic E-state index is 0.0164. The third-order valence-corrected chi connectivity index (χ3v) is 3.29. The van der Waals surface area contributed by atoms with Gasteiger partial charge in [-0.25, -0.2) is 13.8 Å². The average molecular weight is 316 g/mol. The van der Waals surface area contributed by atoms with Crippen LogP contribution in [0.4, 0.5) is 26.2 Å². The normalized spacial score (nSPS) is 10.7. The van der Waals surface area contributed by atoms with Gasteiger partial charge >= 0.3 is 0 Å². The van der Waals surface area contributed by atoms with E-state index in [1.165, 1.54) is 24.4 Å². The molecular formula is C15H14F2N6. The Labute approximate surface area is 131 Å². The van der Waals surface area contributed by atoms with E-state index in [9.17, 15) is 8.78 Å². The van der Waals surface area contributed by atoms with Gasteiger partial charge in [-0.2, -0.15) is 10.1 Å². The molecule has 3 aromatic rings. The second kappa shape index (κ2) is 5.99. The summed E-state index contributed by atoms with van der Waals surface area (Å²) in [6.45, 7) is 0. The Kier molecular flexibility index (Phi) is 3.88. The molecule has 8 heteroatoms. The van der Waals surface area contributed by atoms with E-state index in [1.807, 2.05) is 0 Å². The zero-order valence-electron chi connectivity index (χ0n) is 12.3. The fourth-order valence-electron chi connectivity index (χ4n) is 2.12. The highest BCUT2D eigenvalue weighted by Crippen LogP contribution is 2.21. The number of nitrogen functional groups attached to an aromatic ring is 1. The van der Waals surface area contributed by atoms with Crippen LogP contribution < -0.4 is 11.1 Å². The molecule has 118 valence electrons. The van der Waals surface area contributed by atoms with Crippen LogP contribution in [0.2, 0.25) is 0 Å². The number of halogens is 2. The lowest BCUT2D eigenvalue weighted by Gasteiger charge is -2.09. The first-order valence-corrected chi connectivity index (χ1v) is 6.83. The number of rotatable bonds is 4. The lowest BCUT2D eigenvalue weighted by molar-refractivity contribution is 0.561. The highest BCUT2D eigenvalue weighted by molar-refractivity contribution is 5.53. The maximum absolute atomic E-state index is 13.7. The Hall–Kier alpha value is -3.03. The van der Waals surface area contributed by atoms with Crippen LogP contribution in [0.3, 0.4) is 0 Å². The van der Waals surface area contributed by atoms with Crippen LogP contribution in [0.5, 0.6) is 0 Å². The first kappa shape index (κ1) is 14.9. The molecule has 2 heterocycles. The van der Waals surface area contributed by atoms with E-state index >= 15 is 0 Å². The predicted molar refractivity (Wildman–Crippen MR) is 82.1 cm³/mol. The Balaban J connectivity index is 1.82. The van der Waals surface area contributed by atoms with Crippen LogP contribution in [0.1, 0.15) is 11.1 Å². The van der Waals surface area contributed by atoms with Gasteiger partial charge < -0.3 is 11.1 Å². The van der Waals surface area contributed by atoms with Crippen molar-refractivity contribution >= 4 is 17.5 Å². The SMILES string of the molecule is Cn1cc(Nc2ncc(Cc3c(F)cccc3F)c(N)n2)cn1. The maximum atomic E-state index is 13.7. The summed E-state index contributed by atoms with van der Waals surface area (Å²) >= 11 is 0. The van der Waals surface area contributed by atoms with Crippen LogP contribution in [-0.4, -0.2) is 19.7 Å². The summed E-state index contributed by atoms with van der Waals surface area (Å²) in [7, 11) is 1.78. The van der Waals surface area contributed by atoms with Crippen LogP contribution in [0.15, 0.2) is 36.8 Å². The van der Waals surface area contributed by atoms with Crippen molar-refractivity contribution in [3.8, 4) is 0 Å². The smallest absolute Gasteiger partial charge is 0.229 e. The van der Waals surface area contributed by atoms with Gasteiger partial charge in [-0.3, -0.25) is 4.68 Å². The molecule has 0 aliphatic rings. The summed E-state index contributed by atoms with van der Waals surface area (Å²) in [5, 5.41) is 6.96. The second-order valence-electron chi connectivity index (χ2n) is 5.01. The van der Waals surface area contributed by atoms with Gasteiger partial charge in [0.1, 0.15) is 17.5 Å². The molecule has 23 heavy (non-hydrogen) atoms. The summed E-state index contributed by atoms with van der Waals surface area (Å²) in [5.74, 6) is -0.800. The number of hydrogen-bond donors (Lipinski definition) is 2. The molecule has 0 aliphatic heterocycles. The first-order chi connectivity index (χ1) is 11.0. The number of nitrogens with two attached hydrogens (primary N) is 1. The van der Waals surface area contributed by atoms with Gasteiger partial charge in [-0.1, -0.05) is 6.07 Å². The van der Waals surface area contributed by atoms with Crippen molar-refractivity contribution in [3.05, 3.63) is 59.6 Å². The number of aromatic nitrogens is 4. The van der Waals surface area contributed by atoms with Gasteiger partial charge in [-0.05, 0) is 12.1 Å². The largest absolute Gasteiger partial charge is 0.383 e. The Morgan fingerprint density at radius 2 is 1.96 bits per heavy atom.